The standard InChI is InChI=1S/C23H19NO4/c1-28-19-9-5-8-18(15-19)22(25)24-21-13-12-17(14-20(21)23(26)27)11-10-16-6-3-2-4-7-16/h2-15H,1H3,(H,24,25)(H,26,27)/b11-10+. The maximum Gasteiger partial charge on any atom is 0.337 e. The van der Waals surface area contributed by atoms with Crippen molar-refractivity contribution in [2.75, 3.05) is 12.4 Å². The lowest BCUT2D eigenvalue weighted by molar-refractivity contribution is 0.0698. The number of hydrogen-bond donors (Lipinski definition) is 2. The molecule has 5 nitrogen and oxygen atoms in total. The van der Waals surface area contributed by atoms with Gasteiger partial charge in [0.2, 0.25) is 0 Å². The van der Waals surface area contributed by atoms with Crippen LogP contribution in [0.15, 0.2) is 72.8 Å². The van der Waals surface area contributed by atoms with Gasteiger partial charge in [0.25, 0.3) is 5.91 Å². The van der Waals surface area contributed by atoms with Gasteiger partial charge in [0, 0.05) is 5.56 Å². The molecule has 28 heavy (non-hydrogen) atoms. The van der Waals surface area contributed by atoms with Crippen LogP contribution in [0, 0.1) is 0 Å². The molecule has 2 N–H and O–H groups in total. The largest absolute Gasteiger partial charge is 0.497 e. The molecule has 1 amide bonds. The summed E-state index contributed by atoms with van der Waals surface area (Å²) >= 11 is 0. The number of methoxy groups -OCH3 is 1. The highest BCUT2D eigenvalue weighted by Crippen LogP contribution is 2.21. The van der Waals surface area contributed by atoms with Gasteiger partial charge in [-0.3, -0.25) is 4.79 Å². The molecule has 0 aliphatic heterocycles. The lowest BCUT2D eigenvalue weighted by atomic mass is 10.1. The van der Waals surface area contributed by atoms with E-state index in [0.717, 1.165) is 11.1 Å². The minimum Gasteiger partial charge on any atom is -0.497 e. The van der Waals surface area contributed by atoms with Crippen molar-refractivity contribution in [3.05, 3.63) is 95.1 Å². The second-order valence-electron chi connectivity index (χ2n) is 6.04. The number of aromatic carboxylic acids is 1. The maximum atomic E-state index is 12.5. The topological polar surface area (TPSA) is 75.6 Å². The number of hydrogen-bond acceptors (Lipinski definition) is 3. The monoisotopic (exact) mass is 373 g/mol. The Kier molecular flexibility index (Phi) is 5.87. The highest BCUT2D eigenvalue weighted by molar-refractivity contribution is 6.08. The van der Waals surface area contributed by atoms with E-state index in [1.165, 1.54) is 13.2 Å². The van der Waals surface area contributed by atoms with Gasteiger partial charge in [0.05, 0.1) is 18.4 Å². The third-order valence-electron chi connectivity index (χ3n) is 4.12. The smallest absolute Gasteiger partial charge is 0.337 e. The molecule has 0 heterocycles. The fourth-order valence-electron chi connectivity index (χ4n) is 2.67. The van der Waals surface area contributed by atoms with E-state index in [9.17, 15) is 14.7 Å². The first kappa shape index (κ1) is 18.9. The van der Waals surface area contributed by atoms with E-state index < -0.39 is 11.9 Å². The number of rotatable bonds is 6. The molecule has 5 heteroatoms. The highest BCUT2D eigenvalue weighted by Gasteiger charge is 2.14. The lowest BCUT2D eigenvalue weighted by Gasteiger charge is -2.10. The van der Waals surface area contributed by atoms with Crippen molar-refractivity contribution in [1.82, 2.24) is 0 Å². The van der Waals surface area contributed by atoms with Crippen molar-refractivity contribution in [3.8, 4) is 5.75 Å². The second-order valence-corrected chi connectivity index (χ2v) is 6.04. The zero-order chi connectivity index (χ0) is 19.9. The number of ether oxygens (including phenoxy) is 1. The van der Waals surface area contributed by atoms with E-state index >= 15 is 0 Å². The van der Waals surface area contributed by atoms with Crippen LogP contribution < -0.4 is 10.1 Å². The van der Waals surface area contributed by atoms with E-state index in [4.69, 9.17) is 4.74 Å². The van der Waals surface area contributed by atoms with Crippen LogP contribution >= 0.6 is 0 Å². The summed E-state index contributed by atoms with van der Waals surface area (Å²) in [7, 11) is 1.52. The molecule has 140 valence electrons. The Hall–Kier alpha value is -3.86. The van der Waals surface area contributed by atoms with Crippen LogP contribution in [-0.4, -0.2) is 24.1 Å². The highest BCUT2D eigenvalue weighted by atomic mass is 16.5. The summed E-state index contributed by atoms with van der Waals surface area (Å²) in [5.41, 5.74) is 2.36. The molecule has 0 unspecified atom stereocenters. The van der Waals surface area contributed by atoms with Gasteiger partial charge in [-0.2, -0.15) is 0 Å². The molecular weight excluding hydrogens is 354 g/mol. The fourth-order valence-corrected chi connectivity index (χ4v) is 2.67. The van der Waals surface area contributed by atoms with Crippen molar-refractivity contribution in [3.63, 3.8) is 0 Å². The van der Waals surface area contributed by atoms with Gasteiger partial charge in [-0.05, 0) is 41.5 Å². The molecule has 0 atom stereocenters. The average Bonchev–Trinajstić information content (AvgIpc) is 2.73. The lowest BCUT2D eigenvalue weighted by Crippen LogP contribution is -2.15. The summed E-state index contributed by atoms with van der Waals surface area (Å²) in [6, 6.07) is 21.2. The average molecular weight is 373 g/mol. The normalized spacial score (nSPS) is 10.6. The van der Waals surface area contributed by atoms with E-state index in [1.807, 2.05) is 42.5 Å². The van der Waals surface area contributed by atoms with E-state index in [2.05, 4.69) is 5.32 Å². The number of carboxylic acid groups (broad SMARTS) is 1. The van der Waals surface area contributed by atoms with Gasteiger partial charge in [-0.25, -0.2) is 4.79 Å². The Bertz CT molecular complexity index is 1030. The van der Waals surface area contributed by atoms with Crippen molar-refractivity contribution in [1.29, 1.82) is 0 Å². The van der Waals surface area contributed by atoms with Crippen molar-refractivity contribution < 1.29 is 19.4 Å². The molecule has 0 radical (unpaired) electrons. The number of anilines is 1. The molecule has 3 rings (SSSR count). The first-order valence-corrected chi connectivity index (χ1v) is 8.62. The number of nitrogens with one attached hydrogen (secondary N) is 1. The van der Waals surface area contributed by atoms with Crippen LogP contribution in [-0.2, 0) is 0 Å². The molecule has 3 aromatic rings. The van der Waals surface area contributed by atoms with Crippen molar-refractivity contribution in [2.24, 2.45) is 0 Å². The Morgan fingerprint density at radius 2 is 1.64 bits per heavy atom. The van der Waals surface area contributed by atoms with E-state index in [1.54, 1.807) is 36.4 Å². The first-order valence-electron chi connectivity index (χ1n) is 8.62. The number of benzene rings is 3. The van der Waals surface area contributed by atoms with Gasteiger partial charge in [0.15, 0.2) is 0 Å². The number of carboxylic acids is 1. The molecule has 0 aromatic heterocycles. The predicted molar refractivity (Wildman–Crippen MR) is 110 cm³/mol. The Balaban J connectivity index is 1.84. The molecule has 0 fully saturated rings. The van der Waals surface area contributed by atoms with Gasteiger partial charge in [-0.15, -0.1) is 0 Å². The zero-order valence-electron chi connectivity index (χ0n) is 15.3. The van der Waals surface area contributed by atoms with Crippen LogP contribution in [0.2, 0.25) is 0 Å². The molecular formula is C23H19NO4. The van der Waals surface area contributed by atoms with Crippen molar-refractivity contribution in [2.45, 2.75) is 0 Å². The zero-order valence-corrected chi connectivity index (χ0v) is 15.3. The summed E-state index contributed by atoms with van der Waals surface area (Å²) in [4.78, 5) is 24.2. The number of amides is 1. The third kappa shape index (κ3) is 4.65. The molecule has 0 aliphatic rings. The van der Waals surface area contributed by atoms with Gasteiger partial charge in [0.1, 0.15) is 5.75 Å². The number of carbonyl (C=O) groups is 2. The van der Waals surface area contributed by atoms with Crippen LogP contribution in [0.4, 0.5) is 5.69 Å². The molecule has 0 aliphatic carbocycles. The molecule has 0 saturated heterocycles. The first-order chi connectivity index (χ1) is 13.6. The Labute approximate surface area is 162 Å². The predicted octanol–water partition coefficient (Wildman–Crippen LogP) is 4.82. The summed E-state index contributed by atoms with van der Waals surface area (Å²) in [5, 5.41) is 12.2. The summed E-state index contributed by atoms with van der Waals surface area (Å²) in [6.07, 6.45) is 3.73. The number of carbonyl (C=O) groups excluding carboxylic acids is 1. The SMILES string of the molecule is COc1cccc(C(=O)Nc2ccc(/C=C/c3ccccc3)cc2C(=O)O)c1. The third-order valence-corrected chi connectivity index (χ3v) is 4.12. The van der Waals surface area contributed by atoms with Gasteiger partial charge < -0.3 is 15.2 Å². The second kappa shape index (κ2) is 8.68. The minimum absolute atomic E-state index is 0.0199. The summed E-state index contributed by atoms with van der Waals surface area (Å²) in [6.45, 7) is 0. The van der Waals surface area contributed by atoms with Crippen LogP contribution in [0.3, 0.4) is 0 Å². The van der Waals surface area contributed by atoms with Crippen LogP contribution in [0.1, 0.15) is 31.8 Å². The summed E-state index contributed by atoms with van der Waals surface area (Å²) < 4.78 is 5.11. The van der Waals surface area contributed by atoms with Crippen LogP contribution in [0.5, 0.6) is 5.75 Å². The van der Waals surface area contributed by atoms with Crippen LogP contribution in [0.25, 0.3) is 12.2 Å². The minimum atomic E-state index is -1.11. The quantitative estimate of drug-likeness (QED) is 0.608. The summed E-state index contributed by atoms with van der Waals surface area (Å²) in [5.74, 6) is -0.975. The molecule has 0 bridgehead atoms. The molecule has 3 aromatic carbocycles. The maximum absolute atomic E-state index is 12.5. The Morgan fingerprint density at radius 3 is 2.36 bits per heavy atom. The van der Waals surface area contributed by atoms with Gasteiger partial charge >= 0.3 is 5.97 Å². The van der Waals surface area contributed by atoms with E-state index in [0.29, 0.717) is 11.3 Å². The van der Waals surface area contributed by atoms with Gasteiger partial charge in [-0.1, -0.05) is 54.6 Å². The fraction of sp³-hybridized carbons (Fsp3) is 0.0435. The Morgan fingerprint density at radius 1 is 0.893 bits per heavy atom. The molecule has 0 saturated carbocycles. The van der Waals surface area contributed by atoms with E-state index in [-0.39, 0.29) is 11.3 Å². The molecule has 0 spiro atoms. The van der Waals surface area contributed by atoms with Crippen molar-refractivity contribution >= 4 is 29.7 Å².